The fraction of sp³-hybridized carbons (Fsp3) is 0.429. The van der Waals surface area contributed by atoms with Crippen molar-refractivity contribution in [2.24, 2.45) is 0 Å². The van der Waals surface area contributed by atoms with Crippen molar-refractivity contribution in [2.75, 3.05) is 39.3 Å². The Labute approximate surface area is 174 Å². The molecule has 1 N–H and O–H groups in total. The smallest absolute Gasteiger partial charge is 0.260 e. The molecular weight excluding hydrogens is 393 g/mol. The Kier molecular flexibility index (Phi) is 7.60. The maximum atomic E-state index is 12.9. The van der Waals surface area contributed by atoms with Crippen LogP contribution in [0.1, 0.15) is 16.7 Å². The number of halogens is 1. The third-order valence-electron chi connectivity index (χ3n) is 4.79. The summed E-state index contributed by atoms with van der Waals surface area (Å²) in [5.74, 6) is 0.00973. The van der Waals surface area contributed by atoms with E-state index in [1.165, 1.54) is 29.1 Å². The minimum absolute atomic E-state index is 0.00383. The summed E-state index contributed by atoms with van der Waals surface area (Å²) >= 11 is 1.73. The first-order valence-corrected chi connectivity index (χ1v) is 10.6. The zero-order valence-corrected chi connectivity index (χ0v) is 17.3. The number of carbonyl (C=O) groups excluding carboxylic acids is 2. The molecule has 2 aromatic rings. The molecule has 0 spiro atoms. The number of nitrogens with zero attached hydrogens (tertiary/aromatic N) is 2. The van der Waals surface area contributed by atoms with E-state index in [1.54, 1.807) is 16.2 Å². The third kappa shape index (κ3) is 6.54. The molecule has 2 heterocycles. The number of hydrogen-bond donors (Lipinski definition) is 1. The van der Waals surface area contributed by atoms with Crippen molar-refractivity contribution >= 4 is 23.2 Å². The van der Waals surface area contributed by atoms with Crippen LogP contribution in [0.4, 0.5) is 4.39 Å². The van der Waals surface area contributed by atoms with E-state index in [2.05, 4.69) is 24.4 Å². The molecule has 1 aliphatic rings. The van der Waals surface area contributed by atoms with Crippen molar-refractivity contribution < 1.29 is 18.7 Å². The summed E-state index contributed by atoms with van der Waals surface area (Å²) < 4.78 is 18.3. The fourth-order valence-electron chi connectivity index (χ4n) is 3.07. The van der Waals surface area contributed by atoms with Gasteiger partial charge in [0.15, 0.2) is 6.61 Å². The van der Waals surface area contributed by atoms with Gasteiger partial charge in [0.05, 0.1) is 13.1 Å². The molecule has 0 saturated carbocycles. The van der Waals surface area contributed by atoms with Gasteiger partial charge >= 0.3 is 0 Å². The maximum absolute atomic E-state index is 12.9. The van der Waals surface area contributed by atoms with Crippen LogP contribution in [0, 0.1) is 5.82 Å². The number of carbonyl (C=O) groups is 2. The number of hydrogen-bond acceptors (Lipinski definition) is 5. The molecule has 3 rings (SSSR count). The van der Waals surface area contributed by atoms with Crippen molar-refractivity contribution in [1.82, 2.24) is 15.1 Å². The topological polar surface area (TPSA) is 61.9 Å². The maximum Gasteiger partial charge on any atom is 0.260 e. The van der Waals surface area contributed by atoms with Gasteiger partial charge in [-0.15, -0.1) is 11.3 Å². The normalized spacial score (nSPS) is 14.6. The lowest BCUT2D eigenvalue weighted by Crippen LogP contribution is -2.52. The van der Waals surface area contributed by atoms with Crippen LogP contribution in [0.3, 0.4) is 0 Å². The van der Waals surface area contributed by atoms with E-state index < -0.39 is 0 Å². The second kappa shape index (κ2) is 10.4. The number of thiophene rings is 1. The van der Waals surface area contributed by atoms with Gasteiger partial charge in [0.1, 0.15) is 11.6 Å². The molecule has 6 nitrogen and oxygen atoms in total. The van der Waals surface area contributed by atoms with E-state index in [0.29, 0.717) is 45.0 Å². The number of ether oxygens (including phenoxy) is 1. The lowest BCUT2D eigenvalue weighted by molar-refractivity contribution is -0.135. The van der Waals surface area contributed by atoms with Gasteiger partial charge in [-0.2, -0.15) is 0 Å². The van der Waals surface area contributed by atoms with Gasteiger partial charge in [-0.1, -0.05) is 6.92 Å². The summed E-state index contributed by atoms with van der Waals surface area (Å²) in [4.78, 5) is 30.7. The summed E-state index contributed by atoms with van der Waals surface area (Å²) in [7, 11) is 0. The van der Waals surface area contributed by atoms with Crippen molar-refractivity contribution in [1.29, 1.82) is 0 Å². The van der Waals surface area contributed by atoms with E-state index in [-0.39, 0.29) is 24.2 Å². The van der Waals surface area contributed by atoms with Gasteiger partial charge in [0, 0.05) is 35.9 Å². The van der Waals surface area contributed by atoms with Crippen LogP contribution in [0.15, 0.2) is 36.4 Å². The Hall–Kier alpha value is -2.45. The SMILES string of the molecule is CCc1ccc(CNC(=O)CN2CCN(C(=O)COc3ccc(F)cc3)CC2)s1. The lowest BCUT2D eigenvalue weighted by atomic mass is 10.3. The summed E-state index contributed by atoms with van der Waals surface area (Å²) in [6.07, 6.45) is 1.01. The number of benzene rings is 1. The van der Waals surface area contributed by atoms with Crippen molar-refractivity contribution in [3.05, 3.63) is 52.0 Å². The molecule has 0 unspecified atom stereocenters. The number of piperazine rings is 1. The van der Waals surface area contributed by atoms with E-state index in [9.17, 15) is 14.0 Å². The minimum Gasteiger partial charge on any atom is -0.484 e. The highest BCUT2D eigenvalue weighted by Gasteiger charge is 2.22. The van der Waals surface area contributed by atoms with Gasteiger partial charge in [-0.3, -0.25) is 14.5 Å². The van der Waals surface area contributed by atoms with Gasteiger partial charge in [-0.05, 0) is 42.8 Å². The Morgan fingerprint density at radius 1 is 1.07 bits per heavy atom. The Bertz CT molecular complexity index is 817. The summed E-state index contributed by atoms with van der Waals surface area (Å²) in [5, 5.41) is 2.96. The van der Waals surface area contributed by atoms with E-state index in [0.717, 1.165) is 11.3 Å². The molecule has 1 aromatic heterocycles. The van der Waals surface area contributed by atoms with Crippen LogP contribution in [0.25, 0.3) is 0 Å². The monoisotopic (exact) mass is 419 g/mol. The molecule has 0 radical (unpaired) electrons. The van der Waals surface area contributed by atoms with Crippen LogP contribution in [0.2, 0.25) is 0 Å². The number of rotatable bonds is 8. The summed E-state index contributed by atoms with van der Waals surface area (Å²) in [6, 6.07) is 9.75. The predicted molar refractivity (Wildman–Crippen MR) is 110 cm³/mol. The Morgan fingerprint density at radius 2 is 1.76 bits per heavy atom. The lowest BCUT2D eigenvalue weighted by Gasteiger charge is -2.34. The van der Waals surface area contributed by atoms with Gasteiger partial charge in [0.25, 0.3) is 5.91 Å². The molecule has 0 atom stereocenters. The average Bonchev–Trinajstić information content (AvgIpc) is 3.20. The van der Waals surface area contributed by atoms with E-state index in [4.69, 9.17) is 4.74 Å². The molecule has 1 saturated heterocycles. The highest BCUT2D eigenvalue weighted by Crippen LogP contribution is 2.16. The third-order valence-corrected chi connectivity index (χ3v) is 6.02. The number of nitrogens with one attached hydrogen (secondary N) is 1. The van der Waals surface area contributed by atoms with Crippen LogP contribution in [-0.2, 0) is 22.6 Å². The van der Waals surface area contributed by atoms with Crippen LogP contribution >= 0.6 is 11.3 Å². The second-order valence-electron chi connectivity index (χ2n) is 6.90. The molecule has 1 aliphatic heterocycles. The molecule has 0 bridgehead atoms. The zero-order valence-electron chi connectivity index (χ0n) is 16.5. The van der Waals surface area contributed by atoms with Crippen molar-refractivity contribution in [3.8, 4) is 5.75 Å². The molecule has 1 fully saturated rings. The molecular formula is C21H26FN3O3S. The molecule has 1 aromatic carbocycles. The average molecular weight is 420 g/mol. The Balaban J connectivity index is 1.34. The quantitative estimate of drug-likeness (QED) is 0.713. The summed E-state index contributed by atoms with van der Waals surface area (Å²) in [5.41, 5.74) is 0. The molecule has 8 heteroatoms. The summed E-state index contributed by atoms with van der Waals surface area (Å²) in [6.45, 7) is 5.35. The highest BCUT2D eigenvalue weighted by atomic mass is 32.1. The molecule has 2 amide bonds. The second-order valence-corrected chi connectivity index (χ2v) is 8.15. The van der Waals surface area contributed by atoms with Crippen molar-refractivity contribution in [2.45, 2.75) is 19.9 Å². The first-order chi connectivity index (χ1) is 14.0. The van der Waals surface area contributed by atoms with Crippen molar-refractivity contribution in [3.63, 3.8) is 0 Å². The van der Waals surface area contributed by atoms with Gasteiger partial charge < -0.3 is 15.0 Å². The molecule has 156 valence electrons. The highest BCUT2D eigenvalue weighted by molar-refractivity contribution is 7.11. The fourth-order valence-corrected chi connectivity index (χ4v) is 3.97. The predicted octanol–water partition coefficient (Wildman–Crippen LogP) is 2.29. The molecule has 0 aliphatic carbocycles. The van der Waals surface area contributed by atoms with E-state index >= 15 is 0 Å². The van der Waals surface area contributed by atoms with Crippen LogP contribution < -0.4 is 10.1 Å². The number of amides is 2. The van der Waals surface area contributed by atoms with Crippen LogP contribution in [-0.4, -0.2) is 60.9 Å². The van der Waals surface area contributed by atoms with Crippen LogP contribution in [0.5, 0.6) is 5.75 Å². The number of aryl methyl sites for hydroxylation is 1. The van der Waals surface area contributed by atoms with Gasteiger partial charge in [-0.25, -0.2) is 4.39 Å². The Morgan fingerprint density at radius 3 is 2.41 bits per heavy atom. The minimum atomic E-state index is -0.343. The first-order valence-electron chi connectivity index (χ1n) is 9.76. The van der Waals surface area contributed by atoms with E-state index in [1.807, 2.05) is 4.90 Å². The molecule has 29 heavy (non-hydrogen) atoms. The van der Waals surface area contributed by atoms with Gasteiger partial charge in [0.2, 0.25) is 5.91 Å². The first kappa shape index (κ1) is 21.3. The largest absolute Gasteiger partial charge is 0.484 e. The standard InChI is InChI=1S/C21H26FN3O3S/c1-2-18-7-8-19(29-18)13-23-20(26)14-24-9-11-25(12-10-24)21(27)15-28-17-5-3-16(22)4-6-17/h3-8H,2,9-15H2,1H3,(H,23,26). The zero-order chi connectivity index (χ0) is 20.6.